The molecule has 0 spiro atoms. The lowest BCUT2D eigenvalue weighted by Crippen LogP contribution is -2.49. The predicted octanol–water partition coefficient (Wildman–Crippen LogP) is 8.99. The average Bonchev–Trinajstić information content (AvgIpc) is 2.92. The number of hydrogen-bond acceptors (Lipinski definition) is 12. The first kappa shape index (κ1) is 60.1. The molecule has 2 heterocycles. The topological polar surface area (TPSA) is 250 Å². The number of hydrogen-bond donors (Lipinski definition) is 4. The van der Waals surface area contributed by atoms with Crippen LogP contribution in [0.5, 0.6) is 0 Å². The lowest BCUT2D eigenvalue weighted by molar-refractivity contribution is -0.148. The molecular weight excluding hydrogens is 1060 g/mol. The highest BCUT2D eigenvalue weighted by atomic mass is 32.2. The Bertz CT molecular complexity index is 3280. The molecule has 0 aromatic heterocycles. The highest BCUT2D eigenvalue weighted by molar-refractivity contribution is 7.89. The van der Waals surface area contributed by atoms with E-state index < -0.39 is 45.9 Å². The molecule has 1 aliphatic carbocycles. The normalized spacial score (nSPS) is 14.8. The average molecular weight is 1130 g/mol. The maximum Gasteiger partial charge on any atom is 0.312 e. The SMILES string of the molecule is CCCN(CCC)C(=O)C1=Cc2ccc(-c3cccc(S(=O)(=O)N4CC(CCC(=O)OCc5ccc(CC(=O)[C@H](CCCNC(N)=O)NC(=O)[C@@H](CC(=O)OCC6c7ccccc7-c7ccccc76)C(C)C)cc5)C4)c3)cc2N=C(N)C1. The van der Waals surface area contributed by atoms with E-state index in [0.29, 0.717) is 59.7 Å². The highest BCUT2D eigenvalue weighted by Crippen LogP contribution is 2.45. The molecule has 432 valence electrons. The van der Waals surface area contributed by atoms with Gasteiger partial charge in [0.05, 0.1) is 29.0 Å². The summed E-state index contributed by atoms with van der Waals surface area (Å²) in [6.07, 6.45) is 4.70. The largest absolute Gasteiger partial charge is 0.465 e. The molecule has 0 unspecified atom stereocenters. The fourth-order valence-corrected chi connectivity index (χ4v) is 12.5. The van der Waals surface area contributed by atoms with Crippen LogP contribution in [-0.4, -0.2) is 104 Å². The van der Waals surface area contributed by atoms with Gasteiger partial charge in [-0.1, -0.05) is 125 Å². The molecule has 0 bridgehead atoms. The fraction of sp³-hybridized carbons (Fsp3) is 0.391. The number of carbonyl (C=O) groups excluding carboxylic acids is 6. The van der Waals surface area contributed by atoms with E-state index in [-0.39, 0.29) is 99.3 Å². The molecule has 5 aromatic carbocycles. The van der Waals surface area contributed by atoms with Gasteiger partial charge in [0.25, 0.3) is 0 Å². The molecule has 82 heavy (non-hydrogen) atoms. The van der Waals surface area contributed by atoms with Crippen LogP contribution in [0.25, 0.3) is 28.3 Å². The first-order chi connectivity index (χ1) is 39.4. The number of amides is 4. The summed E-state index contributed by atoms with van der Waals surface area (Å²) in [4.78, 5) is 85.6. The van der Waals surface area contributed by atoms with E-state index in [1.54, 1.807) is 42.5 Å². The molecular formula is C64H75N7O10S. The molecule has 0 radical (unpaired) electrons. The summed E-state index contributed by atoms with van der Waals surface area (Å²) in [5.41, 5.74) is 20.7. The quantitative estimate of drug-likeness (QED) is 0.0285. The summed E-state index contributed by atoms with van der Waals surface area (Å²) in [6, 6.07) is 33.9. The van der Waals surface area contributed by atoms with Gasteiger partial charge in [-0.2, -0.15) is 4.31 Å². The first-order valence-corrected chi connectivity index (χ1v) is 29.9. The summed E-state index contributed by atoms with van der Waals surface area (Å²) in [5.74, 6) is -2.56. The molecule has 2 aliphatic heterocycles. The Labute approximate surface area is 481 Å². The van der Waals surface area contributed by atoms with Gasteiger partial charge < -0.3 is 36.5 Å². The van der Waals surface area contributed by atoms with Gasteiger partial charge in [-0.3, -0.25) is 24.0 Å². The van der Waals surface area contributed by atoms with Crippen LogP contribution in [0.3, 0.4) is 0 Å². The molecule has 2 atom stereocenters. The van der Waals surface area contributed by atoms with Crippen molar-refractivity contribution in [2.24, 2.45) is 34.2 Å². The zero-order chi connectivity index (χ0) is 58.5. The smallest absolute Gasteiger partial charge is 0.312 e. The van der Waals surface area contributed by atoms with Crippen LogP contribution < -0.4 is 22.1 Å². The van der Waals surface area contributed by atoms with Crippen molar-refractivity contribution >= 4 is 63.2 Å². The van der Waals surface area contributed by atoms with Crippen LogP contribution >= 0.6 is 0 Å². The second-order valence-electron chi connectivity index (χ2n) is 21.8. The minimum absolute atomic E-state index is 0.00140. The number of urea groups is 1. The van der Waals surface area contributed by atoms with Crippen LogP contribution in [0.4, 0.5) is 10.5 Å². The zero-order valence-corrected chi connectivity index (χ0v) is 48.1. The number of fused-ring (bicyclic) bond motifs is 4. The van der Waals surface area contributed by atoms with Crippen LogP contribution in [0.15, 0.2) is 131 Å². The summed E-state index contributed by atoms with van der Waals surface area (Å²) >= 11 is 0. The van der Waals surface area contributed by atoms with Gasteiger partial charge in [-0.15, -0.1) is 0 Å². The summed E-state index contributed by atoms with van der Waals surface area (Å²) < 4.78 is 40.5. The zero-order valence-electron chi connectivity index (χ0n) is 47.2. The molecule has 8 rings (SSSR count). The molecule has 3 aliphatic rings. The molecule has 17 nitrogen and oxygen atoms in total. The number of sulfonamides is 1. The summed E-state index contributed by atoms with van der Waals surface area (Å²) in [5, 5.41) is 5.43. The van der Waals surface area contributed by atoms with Crippen molar-refractivity contribution in [3.8, 4) is 22.3 Å². The minimum atomic E-state index is -3.83. The van der Waals surface area contributed by atoms with Gasteiger partial charge in [-0.25, -0.2) is 18.2 Å². The van der Waals surface area contributed by atoms with Crippen LogP contribution in [0.2, 0.25) is 0 Å². The second kappa shape index (κ2) is 27.7. The number of aliphatic imine (C=N–C) groups is 1. The van der Waals surface area contributed by atoms with E-state index >= 15 is 0 Å². The van der Waals surface area contributed by atoms with Crippen molar-refractivity contribution in [3.63, 3.8) is 0 Å². The van der Waals surface area contributed by atoms with E-state index in [9.17, 15) is 37.2 Å². The molecule has 0 saturated carbocycles. The molecule has 4 amide bonds. The molecule has 1 fully saturated rings. The Kier molecular flexibility index (Phi) is 20.3. The summed E-state index contributed by atoms with van der Waals surface area (Å²) in [7, 11) is -3.83. The minimum Gasteiger partial charge on any atom is -0.465 e. The number of primary amides is 1. The van der Waals surface area contributed by atoms with Crippen molar-refractivity contribution in [2.45, 2.75) is 109 Å². The number of nitrogens with one attached hydrogen (secondary N) is 2. The van der Waals surface area contributed by atoms with Gasteiger partial charge in [0.15, 0.2) is 5.78 Å². The number of esters is 2. The van der Waals surface area contributed by atoms with Crippen LogP contribution in [-0.2, 0) is 56.5 Å². The Morgan fingerprint density at radius 2 is 1.45 bits per heavy atom. The molecule has 18 heteroatoms. The number of ketones is 1. The number of nitrogens with two attached hydrogens (primary N) is 2. The second-order valence-corrected chi connectivity index (χ2v) is 23.8. The van der Waals surface area contributed by atoms with E-state index in [1.165, 1.54) is 4.31 Å². The van der Waals surface area contributed by atoms with Gasteiger partial charge in [-0.05, 0) is 113 Å². The first-order valence-electron chi connectivity index (χ1n) is 28.4. The van der Waals surface area contributed by atoms with Gasteiger partial charge in [0, 0.05) is 69.0 Å². The molecule has 5 aromatic rings. The predicted molar refractivity (Wildman–Crippen MR) is 316 cm³/mol. The van der Waals surface area contributed by atoms with Crippen LogP contribution in [0, 0.1) is 17.8 Å². The number of nitrogens with zero attached hydrogens (tertiary/aromatic N) is 3. The summed E-state index contributed by atoms with van der Waals surface area (Å²) in [6.45, 7) is 9.93. The lowest BCUT2D eigenvalue weighted by Gasteiger charge is -2.38. The number of ether oxygens (including phenoxy) is 2. The van der Waals surface area contributed by atoms with E-state index in [0.717, 1.165) is 46.2 Å². The number of Topliss-reactive ketones (excluding diaryl/α,β-unsaturated/α-hetero) is 1. The maximum absolute atomic E-state index is 13.9. The Morgan fingerprint density at radius 1 is 0.793 bits per heavy atom. The Balaban J connectivity index is 0.792. The molecule has 1 saturated heterocycles. The van der Waals surface area contributed by atoms with Crippen molar-refractivity contribution in [1.82, 2.24) is 19.8 Å². The van der Waals surface area contributed by atoms with Gasteiger partial charge in [0.2, 0.25) is 21.8 Å². The monoisotopic (exact) mass is 1130 g/mol. The van der Waals surface area contributed by atoms with Crippen molar-refractivity contribution in [1.29, 1.82) is 0 Å². The maximum atomic E-state index is 13.9. The van der Waals surface area contributed by atoms with Crippen LogP contribution in [0.1, 0.15) is 113 Å². The van der Waals surface area contributed by atoms with Crippen molar-refractivity contribution < 1.29 is 46.7 Å². The standard InChI is InChI=1S/C64H75N7O10S/c1-5-29-70(30-6-2)63(76)48-32-47-26-25-46(34-57(47)68-59(65)35-48)45-13-11-14-49(33-45)82(78,79)71-37-44(38-71)24-27-60(73)80-39-43-22-20-42(21-23-43)31-58(72)56(19-12-28-67-64(66)77)69-62(75)54(41(3)4)36-61(74)81-40-55-52-17-9-7-15-50(52)51-16-8-10-18-53(51)55/h7-11,13-18,20-23,25-26,32-34,41,44,54-56H,5-6,12,19,24,27-31,35-40H2,1-4H3,(H2,65,68)(H,69,75)(H3,66,67,77)/t54-,56-/m0/s1. The van der Waals surface area contributed by atoms with Crippen molar-refractivity contribution in [2.75, 3.05) is 39.3 Å². The Morgan fingerprint density at radius 3 is 2.11 bits per heavy atom. The third-order valence-electron chi connectivity index (χ3n) is 15.4. The third kappa shape index (κ3) is 15.1. The number of rotatable bonds is 27. The lowest BCUT2D eigenvalue weighted by atomic mass is 9.90. The van der Waals surface area contributed by atoms with E-state index in [4.69, 9.17) is 20.9 Å². The van der Waals surface area contributed by atoms with Crippen molar-refractivity contribution in [3.05, 3.63) is 149 Å². The van der Waals surface area contributed by atoms with E-state index in [2.05, 4.69) is 27.8 Å². The fourth-order valence-electron chi connectivity index (χ4n) is 10.9. The number of amidine groups is 1. The van der Waals surface area contributed by atoms with Gasteiger partial charge in [0.1, 0.15) is 19.0 Å². The molecule has 6 N–H and O–H groups in total. The Hall–Kier alpha value is -7.96. The third-order valence-corrected chi connectivity index (χ3v) is 17.2. The number of carbonyl (C=O) groups is 6. The van der Waals surface area contributed by atoms with Gasteiger partial charge >= 0.3 is 18.0 Å². The highest BCUT2D eigenvalue weighted by Gasteiger charge is 2.37. The van der Waals surface area contributed by atoms with E-state index in [1.807, 2.05) is 99.3 Å². The number of benzene rings is 5.